The standard InChI is InChI=1S/C21H22ClN3O3S/c1-28-16-8-7-14(22)9-13(16)10-23-18(26)11-25-12-24-20-19(21(25)27)15-5-3-2-4-6-17(15)29-20/h7-9,12H,2-6,10-11H2,1H3,(H,23,26). The predicted molar refractivity (Wildman–Crippen MR) is 115 cm³/mol. The third-order valence-electron chi connectivity index (χ3n) is 5.22. The summed E-state index contributed by atoms with van der Waals surface area (Å²) in [5.41, 5.74) is 1.78. The van der Waals surface area contributed by atoms with Crippen LogP contribution < -0.4 is 15.6 Å². The Morgan fingerprint density at radius 3 is 2.97 bits per heavy atom. The van der Waals surface area contributed by atoms with E-state index in [0.717, 1.165) is 41.6 Å². The number of aromatic nitrogens is 2. The molecule has 29 heavy (non-hydrogen) atoms. The third-order valence-corrected chi connectivity index (χ3v) is 6.66. The van der Waals surface area contributed by atoms with E-state index in [2.05, 4.69) is 10.3 Å². The minimum atomic E-state index is -0.267. The highest BCUT2D eigenvalue weighted by atomic mass is 35.5. The van der Waals surface area contributed by atoms with E-state index in [4.69, 9.17) is 16.3 Å². The van der Waals surface area contributed by atoms with Crippen molar-refractivity contribution in [2.24, 2.45) is 0 Å². The molecule has 0 aliphatic heterocycles. The fraction of sp³-hybridized carbons (Fsp3) is 0.381. The number of carbonyl (C=O) groups excluding carboxylic acids is 1. The van der Waals surface area contributed by atoms with Crippen LogP contribution in [0.15, 0.2) is 29.3 Å². The van der Waals surface area contributed by atoms with Crippen molar-refractivity contribution in [3.8, 4) is 5.75 Å². The van der Waals surface area contributed by atoms with Crippen LogP contribution in [0.4, 0.5) is 0 Å². The summed E-state index contributed by atoms with van der Waals surface area (Å²) >= 11 is 7.65. The highest BCUT2D eigenvalue weighted by Crippen LogP contribution is 2.32. The van der Waals surface area contributed by atoms with Crippen molar-refractivity contribution in [3.05, 3.63) is 55.9 Å². The van der Waals surface area contributed by atoms with E-state index in [9.17, 15) is 9.59 Å². The second-order valence-electron chi connectivity index (χ2n) is 7.16. The molecule has 0 radical (unpaired) electrons. The average Bonchev–Trinajstić information content (AvgIpc) is 2.91. The van der Waals surface area contributed by atoms with Crippen molar-refractivity contribution in [1.29, 1.82) is 0 Å². The second kappa shape index (κ2) is 8.55. The van der Waals surface area contributed by atoms with Gasteiger partial charge in [0.25, 0.3) is 5.56 Å². The number of fused-ring (bicyclic) bond motifs is 3. The van der Waals surface area contributed by atoms with Gasteiger partial charge < -0.3 is 10.1 Å². The van der Waals surface area contributed by atoms with Crippen LogP contribution >= 0.6 is 22.9 Å². The Hall–Kier alpha value is -2.38. The van der Waals surface area contributed by atoms with Gasteiger partial charge in [0.1, 0.15) is 17.1 Å². The van der Waals surface area contributed by atoms with Gasteiger partial charge in [0.05, 0.1) is 18.8 Å². The van der Waals surface area contributed by atoms with Crippen molar-refractivity contribution in [1.82, 2.24) is 14.9 Å². The molecule has 0 unspecified atom stereocenters. The molecule has 6 nitrogen and oxygen atoms in total. The summed E-state index contributed by atoms with van der Waals surface area (Å²) in [6.07, 6.45) is 6.83. The molecule has 0 saturated carbocycles. The molecule has 0 spiro atoms. The van der Waals surface area contributed by atoms with Crippen molar-refractivity contribution in [2.45, 2.75) is 45.2 Å². The maximum Gasteiger partial charge on any atom is 0.262 e. The van der Waals surface area contributed by atoms with Gasteiger partial charge in [0, 0.05) is 22.0 Å². The highest BCUT2D eigenvalue weighted by Gasteiger charge is 2.19. The zero-order valence-electron chi connectivity index (χ0n) is 16.2. The molecule has 2 aromatic heterocycles. The number of nitrogens with zero attached hydrogens (tertiary/aromatic N) is 2. The molecule has 0 atom stereocenters. The number of aryl methyl sites for hydroxylation is 2. The molecule has 8 heteroatoms. The van der Waals surface area contributed by atoms with Gasteiger partial charge >= 0.3 is 0 Å². The quantitative estimate of drug-likeness (QED) is 0.625. The van der Waals surface area contributed by atoms with E-state index in [1.807, 2.05) is 0 Å². The molecule has 1 N–H and O–H groups in total. The van der Waals surface area contributed by atoms with Crippen molar-refractivity contribution >= 4 is 39.1 Å². The van der Waals surface area contributed by atoms with Crippen LogP contribution in [0.5, 0.6) is 5.75 Å². The minimum absolute atomic E-state index is 0.0741. The number of hydrogen-bond donors (Lipinski definition) is 1. The van der Waals surface area contributed by atoms with Crippen LogP contribution in [0.2, 0.25) is 5.02 Å². The van der Waals surface area contributed by atoms with E-state index >= 15 is 0 Å². The van der Waals surface area contributed by atoms with Gasteiger partial charge in [-0.3, -0.25) is 14.2 Å². The lowest BCUT2D eigenvalue weighted by Gasteiger charge is -2.11. The SMILES string of the molecule is COc1ccc(Cl)cc1CNC(=O)Cn1cnc2sc3c(c2c1=O)CCCCC3. The molecule has 152 valence electrons. The number of benzene rings is 1. The van der Waals surface area contributed by atoms with Crippen LogP contribution in [-0.4, -0.2) is 22.6 Å². The van der Waals surface area contributed by atoms with Crippen LogP contribution in [-0.2, 0) is 30.7 Å². The maximum absolute atomic E-state index is 13.0. The topological polar surface area (TPSA) is 73.2 Å². The predicted octanol–water partition coefficient (Wildman–Crippen LogP) is 3.71. The monoisotopic (exact) mass is 431 g/mol. The van der Waals surface area contributed by atoms with Crippen LogP contribution in [0, 0.1) is 0 Å². The lowest BCUT2D eigenvalue weighted by Crippen LogP contribution is -2.32. The average molecular weight is 432 g/mol. The van der Waals surface area contributed by atoms with Gasteiger partial charge in [-0.1, -0.05) is 18.0 Å². The number of thiophene rings is 1. The molecule has 0 saturated heterocycles. The largest absolute Gasteiger partial charge is 0.496 e. The van der Waals surface area contributed by atoms with E-state index in [1.165, 1.54) is 22.2 Å². The summed E-state index contributed by atoms with van der Waals surface area (Å²) in [4.78, 5) is 32.0. The lowest BCUT2D eigenvalue weighted by molar-refractivity contribution is -0.121. The Bertz CT molecular complexity index is 1120. The maximum atomic E-state index is 13.0. The molecular formula is C21H22ClN3O3S. The minimum Gasteiger partial charge on any atom is -0.496 e. The van der Waals surface area contributed by atoms with Gasteiger partial charge in [-0.15, -0.1) is 11.3 Å². The molecule has 1 aliphatic carbocycles. The molecular weight excluding hydrogens is 410 g/mol. The number of carbonyl (C=O) groups is 1. The van der Waals surface area contributed by atoms with Gasteiger partial charge in [-0.05, 0) is 49.4 Å². The number of nitrogens with one attached hydrogen (secondary N) is 1. The van der Waals surface area contributed by atoms with Crippen molar-refractivity contribution < 1.29 is 9.53 Å². The summed E-state index contributed by atoms with van der Waals surface area (Å²) in [7, 11) is 1.57. The normalized spacial score (nSPS) is 13.7. The molecule has 1 aromatic carbocycles. The fourth-order valence-electron chi connectivity index (χ4n) is 3.76. The molecule has 1 amide bonds. The summed E-state index contributed by atoms with van der Waals surface area (Å²) in [5.74, 6) is 0.382. The van der Waals surface area contributed by atoms with E-state index < -0.39 is 0 Å². The van der Waals surface area contributed by atoms with Crippen LogP contribution in [0.25, 0.3) is 10.2 Å². The lowest BCUT2D eigenvalue weighted by atomic mass is 10.1. The van der Waals surface area contributed by atoms with Gasteiger partial charge in [0.15, 0.2) is 0 Å². The van der Waals surface area contributed by atoms with Crippen LogP contribution in [0.1, 0.15) is 35.3 Å². The first-order valence-corrected chi connectivity index (χ1v) is 10.8. The molecule has 2 heterocycles. The Morgan fingerprint density at radius 1 is 1.31 bits per heavy atom. The van der Waals surface area contributed by atoms with Gasteiger partial charge in [0.2, 0.25) is 5.91 Å². The Kier molecular flexibility index (Phi) is 5.87. The molecule has 1 aliphatic rings. The Labute approximate surface area is 177 Å². The number of hydrogen-bond acceptors (Lipinski definition) is 5. The highest BCUT2D eigenvalue weighted by molar-refractivity contribution is 7.18. The zero-order chi connectivity index (χ0) is 20.4. The summed E-state index contributed by atoms with van der Waals surface area (Å²) in [5, 5.41) is 4.09. The summed E-state index contributed by atoms with van der Waals surface area (Å²) < 4.78 is 6.69. The van der Waals surface area contributed by atoms with Gasteiger partial charge in [-0.2, -0.15) is 0 Å². The smallest absolute Gasteiger partial charge is 0.262 e. The first-order valence-electron chi connectivity index (χ1n) is 9.65. The number of amides is 1. The van der Waals surface area contributed by atoms with Crippen LogP contribution in [0.3, 0.4) is 0 Å². The molecule has 4 rings (SSSR count). The zero-order valence-corrected chi connectivity index (χ0v) is 17.7. The molecule has 0 fully saturated rings. The van der Waals surface area contributed by atoms with Gasteiger partial charge in [-0.25, -0.2) is 4.98 Å². The fourth-order valence-corrected chi connectivity index (χ4v) is 5.17. The molecule has 0 bridgehead atoms. The first-order chi connectivity index (χ1) is 14.1. The second-order valence-corrected chi connectivity index (χ2v) is 8.68. The van der Waals surface area contributed by atoms with E-state index in [1.54, 1.807) is 36.6 Å². The molecule has 3 aromatic rings. The van der Waals surface area contributed by atoms with Crippen molar-refractivity contribution in [2.75, 3.05) is 7.11 Å². The van der Waals surface area contributed by atoms with Crippen molar-refractivity contribution in [3.63, 3.8) is 0 Å². The summed E-state index contributed by atoms with van der Waals surface area (Å²) in [6.45, 7) is 0.191. The third kappa shape index (κ3) is 4.16. The number of halogens is 1. The number of rotatable bonds is 5. The summed E-state index contributed by atoms with van der Waals surface area (Å²) in [6, 6.07) is 5.24. The Balaban J connectivity index is 1.53. The number of ether oxygens (including phenoxy) is 1. The van der Waals surface area contributed by atoms with E-state index in [0.29, 0.717) is 16.2 Å². The number of methoxy groups -OCH3 is 1. The first kappa shape index (κ1) is 19.9. The van der Waals surface area contributed by atoms with E-state index in [-0.39, 0.29) is 24.6 Å². The Morgan fingerprint density at radius 2 is 2.14 bits per heavy atom.